The molecule has 0 saturated carbocycles. The van der Waals surface area contributed by atoms with Crippen LogP contribution in [-0.2, 0) is 25.6 Å². The van der Waals surface area contributed by atoms with Gasteiger partial charge in [-0.25, -0.2) is 9.59 Å². The van der Waals surface area contributed by atoms with Crippen LogP contribution in [0.2, 0.25) is 0 Å². The molecule has 0 aliphatic heterocycles. The van der Waals surface area contributed by atoms with Gasteiger partial charge in [-0.1, -0.05) is 42.1 Å². The maximum atomic E-state index is 12.3. The Kier molecular flexibility index (Phi) is 8.67. The van der Waals surface area contributed by atoms with E-state index in [2.05, 4.69) is 4.98 Å². The van der Waals surface area contributed by atoms with E-state index < -0.39 is 17.9 Å². The standard InChI is InChI=1S/C21H23NO7S/c1-4-27-19(24)17-13(3)18(20(25)28-5-2)22-15(17)11-29-16(23)12-30-21(26)14-9-7-6-8-10-14/h6-10,22H,4-5,11-12H2,1-3H3. The van der Waals surface area contributed by atoms with E-state index in [9.17, 15) is 19.2 Å². The van der Waals surface area contributed by atoms with Crippen LogP contribution in [0, 0.1) is 6.92 Å². The van der Waals surface area contributed by atoms with Crippen molar-refractivity contribution in [2.45, 2.75) is 27.4 Å². The number of ether oxygens (including phenoxy) is 3. The molecular weight excluding hydrogens is 410 g/mol. The van der Waals surface area contributed by atoms with E-state index in [-0.39, 0.29) is 47.6 Å². The van der Waals surface area contributed by atoms with Crippen molar-refractivity contribution in [2.75, 3.05) is 19.0 Å². The number of H-pyrrole nitrogens is 1. The minimum atomic E-state index is -0.638. The molecule has 9 heteroatoms. The maximum absolute atomic E-state index is 12.3. The van der Waals surface area contributed by atoms with Crippen LogP contribution in [0.4, 0.5) is 0 Å². The van der Waals surface area contributed by atoms with Crippen molar-refractivity contribution in [2.24, 2.45) is 0 Å². The van der Waals surface area contributed by atoms with Gasteiger partial charge in [0.05, 0.1) is 30.2 Å². The molecule has 1 heterocycles. The van der Waals surface area contributed by atoms with Crippen molar-refractivity contribution in [1.82, 2.24) is 4.98 Å². The Hall–Kier alpha value is -3.07. The van der Waals surface area contributed by atoms with Gasteiger partial charge >= 0.3 is 17.9 Å². The number of rotatable bonds is 9. The Balaban J connectivity index is 2.06. The van der Waals surface area contributed by atoms with Gasteiger partial charge in [0, 0.05) is 5.56 Å². The first-order valence-corrected chi connectivity index (χ1v) is 10.3. The van der Waals surface area contributed by atoms with Crippen LogP contribution in [0.3, 0.4) is 0 Å². The molecule has 30 heavy (non-hydrogen) atoms. The van der Waals surface area contributed by atoms with Crippen LogP contribution in [0.5, 0.6) is 0 Å². The Labute approximate surface area is 178 Å². The Morgan fingerprint density at radius 3 is 2.20 bits per heavy atom. The zero-order chi connectivity index (χ0) is 22.1. The lowest BCUT2D eigenvalue weighted by molar-refractivity contribution is -0.141. The van der Waals surface area contributed by atoms with Gasteiger partial charge < -0.3 is 19.2 Å². The molecule has 1 aromatic carbocycles. The lowest BCUT2D eigenvalue weighted by Gasteiger charge is -2.07. The summed E-state index contributed by atoms with van der Waals surface area (Å²) < 4.78 is 15.2. The molecule has 8 nitrogen and oxygen atoms in total. The third-order valence-electron chi connectivity index (χ3n) is 3.99. The summed E-state index contributed by atoms with van der Waals surface area (Å²) in [5.74, 6) is -2.08. The van der Waals surface area contributed by atoms with Crippen LogP contribution in [0.15, 0.2) is 30.3 Å². The summed E-state index contributed by atoms with van der Waals surface area (Å²) in [5, 5.41) is -0.250. The fraction of sp³-hybridized carbons (Fsp3) is 0.333. The molecule has 0 bridgehead atoms. The molecule has 0 unspecified atom stereocenters. The number of aromatic nitrogens is 1. The van der Waals surface area contributed by atoms with Crippen molar-refractivity contribution >= 4 is 34.8 Å². The third-order valence-corrected chi connectivity index (χ3v) is 4.87. The van der Waals surface area contributed by atoms with E-state index in [1.54, 1.807) is 51.1 Å². The van der Waals surface area contributed by atoms with E-state index in [1.165, 1.54) is 0 Å². The van der Waals surface area contributed by atoms with Gasteiger partial charge in [0.25, 0.3) is 0 Å². The van der Waals surface area contributed by atoms with Gasteiger partial charge in [-0.05, 0) is 26.3 Å². The summed E-state index contributed by atoms with van der Waals surface area (Å²) in [6.07, 6.45) is 0. The van der Waals surface area contributed by atoms with Crippen molar-refractivity contribution in [3.63, 3.8) is 0 Å². The highest BCUT2D eigenvalue weighted by Crippen LogP contribution is 2.22. The Morgan fingerprint density at radius 1 is 0.933 bits per heavy atom. The predicted molar refractivity (Wildman–Crippen MR) is 110 cm³/mol. The second-order valence-electron chi connectivity index (χ2n) is 6.02. The molecule has 0 radical (unpaired) electrons. The van der Waals surface area contributed by atoms with Gasteiger partial charge in [0.1, 0.15) is 12.3 Å². The number of hydrogen-bond donors (Lipinski definition) is 1. The first-order chi connectivity index (χ1) is 14.4. The average molecular weight is 433 g/mol. The van der Waals surface area contributed by atoms with Crippen LogP contribution in [0.1, 0.15) is 56.3 Å². The number of carbonyl (C=O) groups is 4. The zero-order valence-corrected chi connectivity index (χ0v) is 17.8. The summed E-state index contributed by atoms with van der Waals surface area (Å²) in [6.45, 7) is 4.94. The molecule has 0 spiro atoms. The minimum absolute atomic E-state index is 0.0968. The van der Waals surface area contributed by atoms with Gasteiger partial charge in [-0.3, -0.25) is 9.59 Å². The van der Waals surface area contributed by atoms with E-state index >= 15 is 0 Å². The van der Waals surface area contributed by atoms with E-state index in [0.717, 1.165) is 11.8 Å². The number of carbonyl (C=O) groups excluding carboxylic acids is 4. The number of aromatic amines is 1. The van der Waals surface area contributed by atoms with E-state index in [4.69, 9.17) is 14.2 Å². The summed E-state index contributed by atoms with van der Waals surface area (Å²) in [6, 6.07) is 8.57. The zero-order valence-electron chi connectivity index (χ0n) is 17.0. The molecule has 0 aliphatic rings. The summed E-state index contributed by atoms with van der Waals surface area (Å²) >= 11 is 0.822. The Bertz CT molecular complexity index is 921. The highest BCUT2D eigenvalue weighted by Gasteiger charge is 2.26. The molecule has 0 aliphatic carbocycles. The van der Waals surface area contributed by atoms with Gasteiger partial charge in [0.15, 0.2) is 0 Å². The summed E-state index contributed by atoms with van der Waals surface area (Å²) in [5.41, 5.74) is 1.28. The van der Waals surface area contributed by atoms with Crippen molar-refractivity contribution < 1.29 is 33.4 Å². The summed E-state index contributed by atoms with van der Waals surface area (Å²) in [7, 11) is 0. The fourth-order valence-corrected chi connectivity index (χ4v) is 3.27. The van der Waals surface area contributed by atoms with E-state index in [1.807, 2.05) is 0 Å². The van der Waals surface area contributed by atoms with Gasteiger partial charge in [0.2, 0.25) is 5.12 Å². The molecule has 0 atom stereocenters. The Morgan fingerprint density at radius 2 is 1.57 bits per heavy atom. The number of hydrogen-bond acceptors (Lipinski definition) is 8. The average Bonchev–Trinajstić information content (AvgIpc) is 3.07. The smallest absolute Gasteiger partial charge is 0.355 e. The second-order valence-corrected chi connectivity index (χ2v) is 6.97. The first-order valence-electron chi connectivity index (χ1n) is 9.32. The number of thioether (sulfide) groups is 1. The molecule has 160 valence electrons. The van der Waals surface area contributed by atoms with Crippen molar-refractivity contribution in [3.05, 3.63) is 58.4 Å². The summed E-state index contributed by atoms with van der Waals surface area (Å²) in [4.78, 5) is 51.3. The molecule has 0 fully saturated rings. The lowest BCUT2D eigenvalue weighted by Crippen LogP contribution is -2.13. The molecule has 0 amide bonds. The molecule has 0 saturated heterocycles. The number of esters is 3. The molecule has 2 rings (SSSR count). The molecular formula is C21H23NO7S. The monoisotopic (exact) mass is 433 g/mol. The molecule has 1 N–H and O–H groups in total. The van der Waals surface area contributed by atoms with Crippen molar-refractivity contribution in [3.8, 4) is 0 Å². The van der Waals surface area contributed by atoms with Gasteiger partial charge in [-0.2, -0.15) is 0 Å². The van der Waals surface area contributed by atoms with Crippen LogP contribution >= 0.6 is 11.8 Å². The SMILES string of the molecule is CCOC(=O)c1[nH]c(COC(=O)CSC(=O)c2ccccc2)c(C(=O)OCC)c1C. The molecule has 1 aromatic heterocycles. The minimum Gasteiger partial charge on any atom is -0.462 e. The highest BCUT2D eigenvalue weighted by molar-refractivity contribution is 8.14. The topological polar surface area (TPSA) is 112 Å². The maximum Gasteiger partial charge on any atom is 0.355 e. The van der Waals surface area contributed by atoms with Crippen LogP contribution in [0.25, 0.3) is 0 Å². The number of nitrogens with one attached hydrogen (secondary N) is 1. The van der Waals surface area contributed by atoms with E-state index in [0.29, 0.717) is 11.1 Å². The quantitative estimate of drug-likeness (QED) is 0.474. The van der Waals surface area contributed by atoms with Crippen LogP contribution in [-0.4, -0.2) is 47.0 Å². The molecule has 2 aromatic rings. The largest absolute Gasteiger partial charge is 0.462 e. The van der Waals surface area contributed by atoms with Gasteiger partial charge in [-0.15, -0.1) is 0 Å². The second kappa shape index (κ2) is 11.2. The van der Waals surface area contributed by atoms with Crippen LogP contribution < -0.4 is 0 Å². The predicted octanol–water partition coefficient (Wildman–Crippen LogP) is 3.29. The van der Waals surface area contributed by atoms with Crippen molar-refractivity contribution in [1.29, 1.82) is 0 Å². The lowest BCUT2D eigenvalue weighted by atomic mass is 10.1. The fourth-order valence-electron chi connectivity index (χ4n) is 2.63. The highest BCUT2D eigenvalue weighted by atomic mass is 32.2. The first kappa shape index (κ1) is 23.2. The third kappa shape index (κ3) is 5.96. The normalized spacial score (nSPS) is 10.4. The number of benzene rings is 1.